The quantitative estimate of drug-likeness (QED) is 0.758. The summed E-state index contributed by atoms with van der Waals surface area (Å²) in [4.78, 5) is 12.4. The first-order valence-corrected chi connectivity index (χ1v) is 9.71. The molecule has 0 bridgehead atoms. The molecule has 0 unspecified atom stereocenters. The third-order valence-corrected chi connectivity index (χ3v) is 4.65. The van der Waals surface area contributed by atoms with Gasteiger partial charge < -0.3 is 9.84 Å². The van der Waals surface area contributed by atoms with E-state index in [-0.39, 0.29) is 18.0 Å². The minimum Gasteiger partial charge on any atom is -0.442 e. The van der Waals surface area contributed by atoms with Crippen LogP contribution in [0.25, 0.3) is 0 Å². The highest BCUT2D eigenvalue weighted by Gasteiger charge is 2.29. The number of ether oxygens (including phenoxy) is 1. The number of nitrogens with zero attached hydrogens (tertiary/aromatic N) is 1. The van der Waals surface area contributed by atoms with Crippen LogP contribution in [-0.4, -0.2) is 30.3 Å². The van der Waals surface area contributed by atoms with Crippen molar-refractivity contribution in [2.45, 2.75) is 44.4 Å². The second kappa shape index (κ2) is 8.51. The van der Waals surface area contributed by atoms with Gasteiger partial charge in [0, 0.05) is 0 Å². The van der Waals surface area contributed by atoms with Crippen molar-refractivity contribution in [1.82, 2.24) is 5.06 Å². The van der Waals surface area contributed by atoms with Crippen LogP contribution in [0.5, 0.6) is 0 Å². The Hall–Kier alpha value is -2.42. The van der Waals surface area contributed by atoms with Crippen LogP contribution >= 0.6 is 0 Å². The number of aliphatic hydroxyl groups excluding tert-OH is 1. The van der Waals surface area contributed by atoms with E-state index in [1.54, 1.807) is 63.2 Å². The number of aliphatic hydroxyl groups is 1. The van der Waals surface area contributed by atoms with Crippen LogP contribution < -0.4 is 0 Å². The maximum Gasteiger partial charge on any atom is 0.435 e. The Morgan fingerprint density at radius 1 is 1.00 bits per heavy atom. The average molecular weight is 393 g/mol. The van der Waals surface area contributed by atoms with E-state index in [2.05, 4.69) is 0 Å². The lowest BCUT2D eigenvalue weighted by molar-refractivity contribution is -0.0741. The highest BCUT2D eigenvalue weighted by atomic mass is 32.2. The van der Waals surface area contributed by atoms with Gasteiger partial charge in [-0.05, 0) is 44.0 Å². The highest BCUT2D eigenvalue weighted by Crippen LogP contribution is 2.20. The SMILES string of the molecule is CC(C)(C)OC(=O)N(Cc1ccccc1CO)OS(=O)(=O)c1ccccc1. The van der Waals surface area contributed by atoms with Gasteiger partial charge in [-0.1, -0.05) is 42.5 Å². The zero-order valence-corrected chi connectivity index (χ0v) is 16.3. The van der Waals surface area contributed by atoms with E-state index in [4.69, 9.17) is 9.02 Å². The molecule has 7 nitrogen and oxygen atoms in total. The number of benzene rings is 2. The van der Waals surface area contributed by atoms with Crippen molar-refractivity contribution in [3.05, 3.63) is 65.7 Å². The first kappa shape index (κ1) is 20.9. The van der Waals surface area contributed by atoms with Gasteiger partial charge in [0.25, 0.3) is 0 Å². The summed E-state index contributed by atoms with van der Waals surface area (Å²) >= 11 is 0. The molecular formula is C19H23NO6S. The number of amides is 1. The summed E-state index contributed by atoms with van der Waals surface area (Å²) in [5.74, 6) is 0. The van der Waals surface area contributed by atoms with E-state index in [9.17, 15) is 18.3 Å². The van der Waals surface area contributed by atoms with Crippen molar-refractivity contribution >= 4 is 16.2 Å². The number of rotatable bonds is 6. The fraction of sp³-hybridized carbons (Fsp3) is 0.316. The molecule has 0 aliphatic heterocycles. The Bertz CT molecular complexity index is 875. The van der Waals surface area contributed by atoms with Gasteiger partial charge in [0.05, 0.1) is 18.0 Å². The zero-order valence-electron chi connectivity index (χ0n) is 15.5. The van der Waals surface area contributed by atoms with Crippen LogP contribution in [0.3, 0.4) is 0 Å². The number of carbonyl (C=O) groups is 1. The van der Waals surface area contributed by atoms with Crippen molar-refractivity contribution in [2.75, 3.05) is 0 Å². The van der Waals surface area contributed by atoms with Crippen LogP contribution in [-0.2, 0) is 32.3 Å². The molecule has 146 valence electrons. The third kappa shape index (κ3) is 6.06. The highest BCUT2D eigenvalue weighted by molar-refractivity contribution is 7.86. The molecule has 2 rings (SSSR count). The van der Waals surface area contributed by atoms with E-state index < -0.39 is 21.8 Å². The molecule has 0 atom stereocenters. The van der Waals surface area contributed by atoms with Gasteiger partial charge in [-0.25, -0.2) is 4.79 Å². The molecule has 0 aliphatic rings. The lowest BCUT2D eigenvalue weighted by atomic mass is 10.1. The molecule has 0 spiro atoms. The summed E-state index contributed by atoms with van der Waals surface area (Å²) in [5.41, 5.74) is 0.243. The lowest BCUT2D eigenvalue weighted by Gasteiger charge is -2.26. The van der Waals surface area contributed by atoms with Gasteiger partial charge in [0.2, 0.25) is 0 Å². The minimum atomic E-state index is -4.24. The predicted octanol–water partition coefficient (Wildman–Crippen LogP) is 3.24. The summed E-state index contributed by atoms with van der Waals surface area (Å²) < 4.78 is 35.4. The van der Waals surface area contributed by atoms with E-state index in [1.165, 1.54) is 12.1 Å². The molecule has 0 fully saturated rings. The molecule has 8 heteroatoms. The Labute approximate surface area is 159 Å². The molecule has 2 aromatic carbocycles. The fourth-order valence-corrected chi connectivity index (χ4v) is 3.13. The summed E-state index contributed by atoms with van der Waals surface area (Å²) in [7, 11) is -4.24. The molecule has 0 aromatic heterocycles. The number of carbonyl (C=O) groups excluding carboxylic acids is 1. The van der Waals surface area contributed by atoms with Crippen molar-refractivity contribution < 1.29 is 27.3 Å². The van der Waals surface area contributed by atoms with Gasteiger partial charge in [0.1, 0.15) is 5.60 Å². The van der Waals surface area contributed by atoms with Crippen LogP contribution in [0.1, 0.15) is 31.9 Å². The maximum atomic E-state index is 12.5. The molecule has 0 radical (unpaired) electrons. The normalized spacial score (nSPS) is 11.9. The fourth-order valence-electron chi connectivity index (χ4n) is 2.20. The van der Waals surface area contributed by atoms with Crippen LogP contribution in [0.2, 0.25) is 0 Å². The first-order chi connectivity index (χ1) is 12.6. The molecule has 1 N–H and O–H groups in total. The van der Waals surface area contributed by atoms with Gasteiger partial charge in [0.15, 0.2) is 0 Å². The first-order valence-electron chi connectivity index (χ1n) is 8.30. The average Bonchev–Trinajstić information content (AvgIpc) is 2.61. The molecule has 27 heavy (non-hydrogen) atoms. The Morgan fingerprint density at radius 2 is 1.56 bits per heavy atom. The number of hydrogen-bond acceptors (Lipinski definition) is 6. The molecule has 0 heterocycles. The molecule has 0 aliphatic carbocycles. The van der Waals surface area contributed by atoms with E-state index in [1.807, 2.05) is 0 Å². The summed E-state index contributed by atoms with van der Waals surface area (Å²) in [6.07, 6.45) is -0.949. The minimum absolute atomic E-state index is 0.0889. The lowest BCUT2D eigenvalue weighted by Crippen LogP contribution is -2.38. The molecule has 0 saturated heterocycles. The molecule has 2 aromatic rings. The summed E-state index contributed by atoms with van der Waals surface area (Å²) in [6.45, 7) is 4.52. The second-order valence-corrected chi connectivity index (χ2v) is 8.31. The standard InChI is InChI=1S/C19H23NO6S/c1-19(2,3)25-18(22)20(13-15-9-7-8-10-16(15)14-21)26-27(23,24)17-11-5-4-6-12-17/h4-12,21H,13-14H2,1-3H3. The van der Waals surface area contributed by atoms with Gasteiger partial charge in [-0.15, -0.1) is 4.28 Å². The molecular weight excluding hydrogens is 370 g/mol. The van der Waals surface area contributed by atoms with Gasteiger partial charge >= 0.3 is 16.2 Å². The summed E-state index contributed by atoms with van der Waals surface area (Å²) in [5, 5.41) is 10.1. The summed E-state index contributed by atoms with van der Waals surface area (Å²) in [6, 6.07) is 14.3. The Morgan fingerprint density at radius 3 is 2.11 bits per heavy atom. The van der Waals surface area contributed by atoms with Crippen LogP contribution in [0.4, 0.5) is 4.79 Å². The predicted molar refractivity (Wildman–Crippen MR) is 98.9 cm³/mol. The smallest absolute Gasteiger partial charge is 0.435 e. The topological polar surface area (TPSA) is 93.1 Å². The van der Waals surface area contributed by atoms with Crippen molar-refractivity contribution in [3.8, 4) is 0 Å². The van der Waals surface area contributed by atoms with Crippen molar-refractivity contribution in [2.24, 2.45) is 0 Å². The molecule has 1 amide bonds. The second-order valence-electron chi connectivity index (χ2n) is 6.79. The van der Waals surface area contributed by atoms with Gasteiger partial charge in [-0.2, -0.15) is 13.5 Å². The number of hydroxylamine groups is 2. The largest absolute Gasteiger partial charge is 0.442 e. The monoisotopic (exact) mass is 393 g/mol. The van der Waals surface area contributed by atoms with E-state index in [0.29, 0.717) is 16.2 Å². The van der Waals surface area contributed by atoms with Gasteiger partial charge in [-0.3, -0.25) is 0 Å². The van der Waals surface area contributed by atoms with Crippen molar-refractivity contribution in [3.63, 3.8) is 0 Å². The Kier molecular flexibility index (Phi) is 6.59. The van der Waals surface area contributed by atoms with Crippen LogP contribution in [0, 0.1) is 0 Å². The third-order valence-electron chi connectivity index (χ3n) is 3.42. The number of hydrogen-bond donors (Lipinski definition) is 1. The van der Waals surface area contributed by atoms with Crippen LogP contribution in [0.15, 0.2) is 59.5 Å². The van der Waals surface area contributed by atoms with E-state index in [0.717, 1.165) is 0 Å². The maximum absolute atomic E-state index is 12.5. The molecule has 0 saturated carbocycles. The Balaban J connectivity index is 2.33. The zero-order chi connectivity index (χ0) is 20.1. The van der Waals surface area contributed by atoms with E-state index >= 15 is 0 Å². The van der Waals surface area contributed by atoms with Crippen molar-refractivity contribution in [1.29, 1.82) is 0 Å².